The van der Waals surface area contributed by atoms with Gasteiger partial charge in [-0.3, -0.25) is 9.59 Å². The van der Waals surface area contributed by atoms with E-state index in [0.29, 0.717) is 17.9 Å². The van der Waals surface area contributed by atoms with Gasteiger partial charge >= 0.3 is 0 Å². The molecule has 0 spiro atoms. The maximum atomic E-state index is 12.5. The minimum Gasteiger partial charge on any atom is -0.442 e. The number of furan rings is 1. The quantitative estimate of drug-likeness (QED) is 0.913. The van der Waals surface area contributed by atoms with Gasteiger partial charge in [0.05, 0.1) is 5.56 Å². The van der Waals surface area contributed by atoms with Gasteiger partial charge in [0.1, 0.15) is 17.5 Å². The van der Waals surface area contributed by atoms with Gasteiger partial charge in [-0.25, -0.2) is 4.98 Å². The molecular weight excluding hydrogens is 308 g/mol. The maximum Gasteiger partial charge on any atom is 0.265 e. The van der Waals surface area contributed by atoms with Crippen molar-refractivity contribution in [3.63, 3.8) is 0 Å². The third-order valence-electron chi connectivity index (χ3n) is 4.77. The van der Waals surface area contributed by atoms with Gasteiger partial charge < -0.3 is 19.2 Å². The van der Waals surface area contributed by atoms with E-state index < -0.39 is 0 Å². The number of amides is 1. The highest BCUT2D eigenvalue weighted by molar-refractivity contribution is 6.06. The molecule has 130 valence electrons. The number of carbonyl (C=O) groups is 1. The number of piperidine rings is 1. The van der Waals surface area contributed by atoms with E-state index in [1.807, 2.05) is 0 Å². The van der Waals surface area contributed by atoms with Crippen molar-refractivity contribution in [2.75, 3.05) is 26.2 Å². The van der Waals surface area contributed by atoms with Gasteiger partial charge in [-0.1, -0.05) is 6.92 Å². The summed E-state index contributed by atoms with van der Waals surface area (Å²) < 4.78 is 6.82. The fraction of sp³-hybridized carbons (Fsp3) is 0.588. The van der Waals surface area contributed by atoms with Crippen LogP contribution >= 0.6 is 0 Å². The molecule has 7 heteroatoms. The highest BCUT2D eigenvalue weighted by Crippen LogP contribution is 2.20. The van der Waals surface area contributed by atoms with Gasteiger partial charge in [0, 0.05) is 20.1 Å². The number of carbonyl (C=O) groups excluding carboxylic acids is 1. The van der Waals surface area contributed by atoms with Gasteiger partial charge in [-0.2, -0.15) is 0 Å². The Labute approximate surface area is 140 Å². The fourth-order valence-corrected chi connectivity index (χ4v) is 3.16. The summed E-state index contributed by atoms with van der Waals surface area (Å²) in [6.45, 7) is 7.50. The number of hydrogen-bond donors (Lipinski definition) is 1. The van der Waals surface area contributed by atoms with E-state index in [-0.39, 0.29) is 22.6 Å². The molecule has 24 heavy (non-hydrogen) atoms. The van der Waals surface area contributed by atoms with E-state index in [9.17, 15) is 9.59 Å². The number of fused-ring (bicyclic) bond motifs is 1. The monoisotopic (exact) mass is 332 g/mol. The Balaban J connectivity index is 1.69. The molecule has 1 aliphatic rings. The third kappa shape index (κ3) is 3.21. The van der Waals surface area contributed by atoms with Gasteiger partial charge in [0.15, 0.2) is 0 Å². The minimum absolute atomic E-state index is 0.214. The van der Waals surface area contributed by atoms with Crippen LogP contribution in [0.15, 0.2) is 15.5 Å². The van der Waals surface area contributed by atoms with Crippen molar-refractivity contribution < 1.29 is 9.21 Å². The van der Waals surface area contributed by atoms with Crippen LogP contribution in [0.5, 0.6) is 0 Å². The molecule has 0 aliphatic carbocycles. The molecule has 3 heterocycles. The first-order chi connectivity index (χ1) is 11.5. The SMILES string of the molecule is Cc1oc2ncn(C)c(=O)c2c1C(=O)NCCN1CCC(C)CC1. The number of nitrogens with one attached hydrogen (secondary N) is 1. The first-order valence-corrected chi connectivity index (χ1v) is 8.42. The van der Waals surface area contributed by atoms with Gasteiger partial charge in [-0.15, -0.1) is 0 Å². The average molecular weight is 332 g/mol. The van der Waals surface area contributed by atoms with Crippen molar-refractivity contribution in [3.8, 4) is 0 Å². The van der Waals surface area contributed by atoms with Crippen LogP contribution in [-0.2, 0) is 7.05 Å². The molecule has 0 radical (unpaired) electrons. The van der Waals surface area contributed by atoms with Gasteiger partial charge in [-0.05, 0) is 38.8 Å². The number of nitrogens with zero attached hydrogens (tertiary/aromatic N) is 3. The summed E-state index contributed by atoms with van der Waals surface area (Å²) in [5.41, 5.74) is 0.240. The molecule has 1 saturated heterocycles. The molecule has 1 amide bonds. The van der Waals surface area contributed by atoms with Crippen LogP contribution in [0.4, 0.5) is 0 Å². The molecule has 0 aromatic carbocycles. The summed E-state index contributed by atoms with van der Waals surface area (Å²) in [5.74, 6) is 0.936. The van der Waals surface area contributed by atoms with Crippen molar-refractivity contribution in [1.29, 1.82) is 0 Å². The first-order valence-electron chi connectivity index (χ1n) is 8.42. The van der Waals surface area contributed by atoms with Crippen molar-refractivity contribution in [3.05, 3.63) is 28.0 Å². The zero-order valence-electron chi connectivity index (χ0n) is 14.5. The molecule has 0 atom stereocenters. The lowest BCUT2D eigenvalue weighted by atomic mass is 9.99. The molecule has 7 nitrogen and oxygen atoms in total. The summed E-state index contributed by atoms with van der Waals surface area (Å²) in [6, 6.07) is 0. The number of hydrogen-bond acceptors (Lipinski definition) is 5. The van der Waals surface area contributed by atoms with E-state index in [2.05, 4.69) is 22.1 Å². The van der Waals surface area contributed by atoms with Crippen LogP contribution in [0, 0.1) is 12.8 Å². The second-order valence-electron chi connectivity index (χ2n) is 6.65. The number of likely N-dealkylation sites (tertiary alicyclic amines) is 1. The summed E-state index contributed by atoms with van der Waals surface area (Å²) in [5, 5.41) is 3.16. The lowest BCUT2D eigenvalue weighted by molar-refractivity contribution is 0.0944. The largest absolute Gasteiger partial charge is 0.442 e. The zero-order chi connectivity index (χ0) is 17.3. The number of aryl methyl sites for hydroxylation is 2. The zero-order valence-corrected chi connectivity index (χ0v) is 14.5. The van der Waals surface area contributed by atoms with Crippen LogP contribution in [0.3, 0.4) is 0 Å². The van der Waals surface area contributed by atoms with E-state index in [1.54, 1.807) is 14.0 Å². The number of rotatable bonds is 4. The number of aromatic nitrogens is 2. The highest BCUT2D eigenvalue weighted by atomic mass is 16.3. The minimum atomic E-state index is -0.276. The highest BCUT2D eigenvalue weighted by Gasteiger charge is 2.22. The molecule has 1 aliphatic heterocycles. The summed E-state index contributed by atoms with van der Waals surface area (Å²) in [7, 11) is 1.61. The van der Waals surface area contributed by atoms with Gasteiger partial charge in [0.2, 0.25) is 5.71 Å². The van der Waals surface area contributed by atoms with E-state index >= 15 is 0 Å². The fourth-order valence-electron chi connectivity index (χ4n) is 3.16. The Morgan fingerprint density at radius 1 is 1.42 bits per heavy atom. The summed E-state index contributed by atoms with van der Waals surface area (Å²) >= 11 is 0. The van der Waals surface area contributed by atoms with Gasteiger partial charge in [0.25, 0.3) is 11.5 Å². The van der Waals surface area contributed by atoms with Crippen LogP contribution in [-0.4, -0.2) is 46.5 Å². The Morgan fingerprint density at radius 2 is 2.12 bits per heavy atom. The van der Waals surface area contributed by atoms with Crippen molar-refractivity contribution in [2.45, 2.75) is 26.7 Å². The predicted molar refractivity (Wildman–Crippen MR) is 91.2 cm³/mol. The second kappa shape index (κ2) is 6.76. The molecule has 0 saturated carbocycles. The van der Waals surface area contributed by atoms with E-state index in [0.717, 1.165) is 25.6 Å². The second-order valence-corrected chi connectivity index (χ2v) is 6.65. The van der Waals surface area contributed by atoms with E-state index in [4.69, 9.17) is 4.42 Å². The average Bonchev–Trinajstić information content (AvgIpc) is 2.90. The first kappa shape index (κ1) is 16.7. The third-order valence-corrected chi connectivity index (χ3v) is 4.77. The Hall–Kier alpha value is -2.15. The summed E-state index contributed by atoms with van der Waals surface area (Å²) in [4.78, 5) is 31.3. The molecule has 2 aromatic heterocycles. The van der Waals surface area contributed by atoms with Crippen molar-refractivity contribution in [2.24, 2.45) is 13.0 Å². The topological polar surface area (TPSA) is 80.4 Å². The Bertz CT molecular complexity index is 800. The normalized spacial score (nSPS) is 16.6. The molecule has 1 fully saturated rings. The molecule has 2 aromatic rings. The summed E-state index contributed by atoms with van der Waals surface area (Å²) in [6.07, 6.45) is 3.81. The molecule has 3 rings (SSSR count). The van der Waals surface area contributed by atoms with Crippen molar-refractivity contribution >= 4 is 17.0 Å². The Kier molecular flexibility index (Phi) is 4.71. The molecule has 0 bridgehead atoms. The van der Waals surface area contributed by atoms with Crippen LogP contribution in [0.2, 0.25) is 0 Å². The smallest absolute Gasteiger partial charge is 0.265 e. The molecular formula is C17H24N4O3. The standard InChI is InChI=1S/C17H24N4O3/c1-11-4-7-21(8-5-11)9-6-18-15(22)13-12(2)24-16-14(13)17(23)20(3)10-19-16/h10-11H,4-9H2,1-3H3,(H,18,22). The predicted octanol–water partition coefficient (Wildman–Crippen LogP) is 1.30. The maximum absolute atomic E-state index is 12.5. The van der Waals surface area contributed by atoms with Crippen LogP contribution < -0.4 is 10.9 Å². The molecule has 0 unspecified atom stereocenters. The van der Waals surface area contributed by atoms with Crippen LogP contribution in [0.1, 0.15) is 35.9 Å². The molecule has 1 N–H and O–H groups in total. The lowest BCUT2D eigenvalue weighted by Gasteiger charge is -2.30. The lowest BCUT2D eigenvalue weighted by Crippen LogP contribution is -2.39. The van der Waals surface area contributed by atoms with Crippen molar-refractivity contribution in [1.82, 2.24) is 19.8 Å². The van der Waals surface area contributed by atoms with Crippen LogP contribution in [0.25, 0.3) is 11.1 Å². The van der Waals surface area contributed by atoms with E-state index in [1.165, 1.54) is 23.7 Å². The Morgan fingerprint density at radius 3 is 2.83 bits per heavy atom.